The molecule has 1 heterocycles. The van der Waals surface area contributed by atoms with Crippen LogP contribution in [0.3, 0.4) is 0 Å². The molecule has 2 rings (SSSR count). The first-order valence-electron chi connectivity index (χ1n) is 9.66. The SMILES string of the molecule is CC(C)C(N=C1CNC(/C=C/C(=O)NO)=CN1)C(=O)NCC1CCCCC1. The van der Waals surface area contributed by atoms with Gasteiger partial charge in [-0.15, -0.1) is 0 Å². The number of hydrogen-bond acceptors (Lipinski definition) is 5. The molecule has 0 aromatic heterocycles. The number of amides is 2. The number of nitrogens with one attached hydrogen (secondary N) is 4. The Morgan fingerprint density at radius 2 is 2.07 bits per heavy atom. The first-order valence-corrected chi connectivity index (χ1v) is 9.66. The van der Waals surface area contributed by atoms with Crippen LogP contribution in [-0.4, -0.2) is 42.0 Å². The summed E-state index contributed by atoms with van der Waals surface area (Å²) >= 11 is 0. The standard InChI is InChI=1S/C19H31N5O3/c1-13(2)18(19(26)22-10-14-6-4-3-5-7-14)23-16-12-20-15(11-21-16)8-9-17(25)24-27/h8-9,11,13-14,18,20,27H,3-7,10,12H2,1-2H3,(H,21,23)(H,22,26)(H,24,25)/b9-8+. The molecule has 1 saturated carbocycles. The molecule has 1 atom stereocenters. The molecule has 2 aliphatic rings. The molecule has 0 aromatic rings. The van der Waals surface area contributed by atoms with Gasteiger partial charge in [0.05, 0.1) is 12.2 Å². The molecule has 0 aromatic carbocycles. The zero-order chi connectivity index (χ0) is 19.6. The summed E-state index contributed by atoms with van der Waals surface area (Å²) in [4.78, 5) is 28.2. The molecular formula is C19H31N5O3. The highest BCUT2D eigenvalue weighted by atomic mass is 16.5. The third-order valence-corrected chi connectivity index (χ3v) is 4.86. The van der Waals surface area contributed by atoms with E-state index < -0.39 is 11.9 Å². The fourth-order valence-electron chi connectivity index (χ4n) is 3.26. The minimum atomic E-state index is -0.605. The Bertz CT molecular complexity index is 606. The summed E-state index contributed by atoms with van der Waals surface area (Å²) in [6, 6.07) is -0.441. The molecule has 0 bridgehead atoms. The van der Waals surface area contributed by atoms with E-state index in [1.54, 1.807) is 6.20 Å². The van der Waals surface area contributed by atoms with Crippen LogP contribution in [0.15, 0.2) is 29.0 Å². The van der Waals surface area contributed by atoms with Crippen LogP contribution in [0, 0.1) is 11.8 Å². The van der Waals surface area contributed by atoms with E-state index in [9.17, 15) is 9.59 Å². The van der Waals surface area contributed by atoms with Crippen LogP contribution in [-0.2, 0) is 9.59 Å². The molecule has 2 amide bonds. The van der Waals surface area contributed by atoms with Gasteiger partial charge in [0, 0.05) is 18.8 Å². The van der Waals surface area contributed by atoms with Crippen molar-refractivity contribution in [3.63, 3.8) is 0 Å². The van der Waals surface area contributed by atoms with Gasteiger partial charge in [0.2, 0.25) is 5.91 Å². The third kappa shape index (κ3) is 7.05. The maximum absolute atomic E-state index is 12.6. The number of carbonyl (C=O) groups is 2. The Morgan fingerprint density at radius 3 is 2.67 bits per heavy atom. The van der Waals surface area contributed by atoms with Crippen molar-refractivity contribution in [2.75, 3.05) is 13.1 Å². The van der Waals surface area contributed by atoms with E-state index in [0.29, 0.717) is 24.0 Å². The van der Waals surface area contributed by atoms with E-state index in [1.807, 2.05) is 13.8 Å². The minimum absolute atomic E-state index is 0.0286. The molecule has 8 nitrogen and oxygen atoms in total. The topological polar surface area (TPSA) is 115 Å². The van der Waals surface area contributed by atoms with Crippen molar-refractivity contribution in [1.82, 2.24) is 21.4 Å². The quantitative estimate of drug-likeness (QED) is 0.260. The summed E-state index contributed by atoms with van der Waals surface area (Å²) in [7, 11) is 0. The highest BCUT2D eigenvalue weighted by Gasteiger charge is 2.24. The summed E-state index contributed by atoms with van der Waals surface area (Å²) in [5.74, 6) is 0.714. The van der Waals surface area contributed by atoms with E-state index >= 15 is 0 Å². The number of carbonyl (C=O) groups excluding carboxylic acids is 2. The lowest BCUT2D eigenvalue weighted by Gasteiger charge is -2.24. The normalized spacial score (nSPS) is 20.7. The summed E-state index contributed by atoms with van der Waals surface area (Å²) in [6.45, 7) is 5.14. The average molecular weight is 377 g/mol. The molecule has 0 radical (unpaired) electrons. The molecular weight excluding hydrogens is 346 g/mol. The highest BCUT2D eigenvalue weighted by molar-refractivity contribution is 5.91. The van der Waals surface area contributed by atoms with Crippen molar-refractivity contribution >= 4 is 17.6 Å². The summed E-state index contributed by atoms with van der Waals surface area (Å²) in [6.07, 6.45) is 10.6. The lowest BCUT2D eigenvalue weighted by atomic mass is 9.89. The Morgan fingerprint density at radius 1 is 1.33 bits per heavy atom. The van der Waals surface area contributed by atoms with Gasteiger partial charge in [-0.2, -0.15) is 0 Å². The molecule has 150 valence electrons. The minimum Gasteiger partial charge on any atom is -0.377 e. The van der Waals surface area contributed by atoms with Gasteiger partial charge in [-0.1, -0.05) is 33.1 Å². The first kappa shape index (κ1) is 21.0. The fraction of sp³-hybridized carbons (Fsp3) is 0.632. The zero-order valence-corrected chi connectivity index (χ0v) is 16.1. The lowest BCUT2D eigenvalue weighted by Crippen LogP contribution is -2.43. The van der Waals surface area contributed by atoms with Gasteiger partial charge in [-0.3, -0.25) is 19.8 Å². The van der Waals surface area contributed by atoms with Crippen molar-refractivity contribution in [3.05, 3.63) is 24.0 Å². The lowest BCUT2D eigenvalue weighted by molar-refractivity contribution is -0.124. The molecule has 1 unspecified atom stereocenters. The van der Waals surface area contributed by atoms with E-state index in [2.05, 4.69) is 20.9 Å². The van der Waals surface area contributed by atoms with Crippen LogP contribution < -0.4 is 21.4 Å². The average Bonchev–Trinajstić information content (AvgIpc) is 2.69. The van der Waals surface area contributed by atoms with Crippen LogP contribution in [0.25, 0.3) is 0 Å². The molecule has 0 spiro atoms. The summed E-state index contributed by atoms with van der Waals surface area (Å²) < 4.78 is 0. The third-order valence-electron chi connectivity index (χ3n) is 4.86. The van der Waals surface area contributed by atoms with Crippen molar-refractivity contribution in [2.24, 2.45) is 16.8 Å². The second-order valence-corrected chi connectivity index (χ2v) is 7.42. The van der Waals surface area contributed by atoms with E-state index in [-0.39, 0.29) is 11.8 Å². The largest absolute Gasteiger partial charge is 0.377 e. The van der Waals surface area contributed by atoms with Gasteiger partial charge in [0.25, 0.3) is 5.91 Å². The molecule has 1 fully saturated rings. The second kappa shape index (κ2) is 10.7. The van der Waals surface area contributed by atoms with Gasteiger partial charge < -0.3 is 16.0 Å². The van der Waals surface area contributed by atoms with Crippen LogP contribution >= 0.6 is 0 Å². The first-order chi connectivity index (χ1) is 13.0. The molecule has 27 heavy (non-hydrogen) atoms. The smallest absolute Gasteiger partial charge is 0.267 e. The van der Waals surface area contributed by atoms with Gasteiger partial charge >= 0.3 is 0 Å². The molecule has 1 aliphatic heterocycles. The van der Waals surface area contributed by atoms with E-state index in [0.717, 1.165) is 6.54 Å². The summed E-state index contributed by atoms with van der Waals surface area (Å²) in [5.41, 5.74) is 2.21. The Labute approximate surface area is 160 Å². The van der Waals surface area contributed by atoms with Crippen molar-refractivity contribution < 1.29 is 14.8 Å². The van der Waals surface area contributed by atoms with Crippen LogP contribution in [0.4, 0.5) is 0 Å². The van der Waals surface area contributed by atoms with Crippen LogP contribution in [0.1, 0.15) is 46.0 Å². The van der Waals surface area contributed by atoms with Gasteiger partial charge in [0.15, 0.2) is 0 Å². The number of aliphatic imine (C=N–C) groups is 1. The number of hydrogen-bond donors (Lipinski definition) is 5. The van der Waals surface area contributed by atoms with Crippen molar-refractivity contribution in [2.45, 2.75) is 52.0 Å². The van der Waals surface area contributed by atoms with Gasteiger partial charge in [-0.25, -0.2) is 5.48 Å². The highest BCUT2D eigenvalue weighted by Crippen LogP contribution is 2.22. The summed E-state index contributed by atoms with van der Waals surface area (Å²) in [5, 5.41) is 17.7. The fourth-order valence-corrected chi connectivity index (χ4v) is 3.26. The monoisotopic (exact) mass is 377 g/mol. The number of hydroxylamine groups is 1. The second-order valence-electron chi connectivity index (χ2n) is 7.42. The van der Waals surface area contributed by atoms with Crippen molar-refractivity contribution in [3.8, 4) is 0 Å². The number of nitrogens with zero attached hydrogens (tertiary/aromatic N) is 1. The molecule has 0 saturated heterocycles. The van der Waals surface area contributed by atoms with Gasteiger partial charge in [-0.05, 0) is 30.8 Å². The molecule has 1 aliphatic carbocycles. The predicted molar refractivity (Wildman–Crippen MR) is 104 cm³/mol. The zero-order valence-electron chi connectivity index (χ0n) is 16.1. The van der Waals surface area contributed by atoms with Crippen LogP contribution in [0.2, 0.25) is 0 Å². The number of allylic oxidation sites excluding steroid dienone is 1. The maximum atomic E-state index is 12.6. The Kier molecular flexibility index (Phi) is 8.32. The predicted octanol–water partition coefficient (Wildman–Crippen LogP) is 1.20. The van der Waals surface area contributed by atoms with Crippen molar-refractivity contribution in [1.29, 1.82) is 0 Å². The number of rotatable bonds is 7. The molecule has 5 N–H and O–H groups in total. The van der Waals surface area contributed by atoms with Crippen LogP contribution in [0.5, 0.6) is 0 Å². The van der Waals surface area contributed by atoms with Gasteiger partial charge in [0.1, 0.15) is 11.9 Å². The maximum Gasteiger partial charge on any atom is 0.267 e. The number of amidine groups is 1. The van der Waals surface area contributed by atoms with E-state index in [4.69, 9.17) is 5.21 Å². The van der Waals surface area contributed by atoms with E-state index in [1.165, 1.54) is 49.7 Å². The molecule has 8 heteroatoms. The Balaban J connectivity index is 1.90. The Hall–Kier alpha value is -2.35.